The standard InChI is InChI=1S/C22H24FN3O3/c23-18-6-8-19(9-7-18)26(13-11-20(24)27)22(29)17-14-21(28)25(15-17)12-10-16-4-2-1-3-5-16/h1-9,17H,10-15H2,(H2,24,27). The van der Waals surface area contributed by atoms with Crippen molar-refractivity contribution in [3.63, 3.8) is 0 Å². The number of hydrogen-bond donors (Lipinski definition) is 1. The first-order valence-electron chi connectivity index (χ1n) is 9.61. The van der Waals surface area contributed by atoms with Gasteiger partial charge in [0.25, 0.3) is 0 Å². The number of rotatable bonds is 8. The normalized spacial score (nSPS) is 16.1. The lowest BCUT2D eigenvalue weighted by atomic mass is 10.1. The first-order valence-corrected chi connectivity index (χ1v) is 9.61. The van der Waals surface area contributed by atoms with Crippen molar-refractivity contribution >= 4 is 23.4 Å². The van der Waals surface area contributed by atoms with Gasteiger partial charge in [0.15, 0.2) is 0 Å². The molecule has 1 saturated heterocycles. The van der Waals surface area contributed by atoms with Crippen molar-refractivity contribution in [2.45, 2.75) is 19.3 Å². The highest BCUT2D eigenvalue weighted by molar-refractivity contribution is 5.99. The Balaban J connectivity index is 1.67. The topological polar surface area (TPSA) is 83.7 Å². The monoisotopic (exact) mass is 397 g/mol. The molecule has 0 aromatic heterocycles. The fraction of sp³-hybridized carbons (Fsp3) is 0.318. The van der Waals surface area contributed by atoms with Crippen LogP contribution in [0.2, 0.25) is 0 Å². The number of benzene rings is 2. The first-order chi connectivity index (χ1) is 13.9. The van der Waals surface area contributed by atoms with Gasteiger partial charge in [0, 0.05) is 38.2 Å². The van der Waals surface area contributed by atoms with Crippen molar-refractivity contribution in [2.24, 2.45) is 11.7 Å². The van der Waals surface area contributed by atoms with E-state index in [1.807, 2.05) is 30.3 Å². The highest BCUT2D eigenvalue weighted by atomic mass is 19.1. The lowest BCUT2D eigenvalue weighted by molar-refractivity contribution is -0.128. The second kappa shape index (κ2) is 9.32. The molecule has 1 unspecified atom stereocenters. The second-order valence-corrected chi connectivity index (χ2v) is 7.16. The zero-order chi connectivity index (χ0) is 20.8. The average molecular weight is 397 g/mol. The predicted molar refractivity (Wildman–Crippen MR) is 107 cm³/mol. The van der Waals surface area contributed by atoms with Crippen LogP contribution in [-0.2, 0) is 20.8 Å². The number of likely N-dealkylation sites (tertiary alicyclic amines) is 1. The number of primary amides is 1. The van der Waals surface area contributed by atoms with Gasteiger partial charge in [-0.25, -0.2) is 4.39 Å². The van der Waals surface area contributed by atoms with Crippen LogP contribution in [0.5, 0.6) is 0 Å². The van der Waals surface area contributed by atoms with Crippen LogP contribution in [0.15, 0.2) is 54.6 Å². The number of carbonyl (C=O) groups is 3. The maximum Gasteiger partial charge on any atom is 0.232 e. The molecule has 7 heteroatoms. The molecule has 0 bridgehead atoms. The highest BCUT2D eigenvalue weighted by Gasteiger charge is 2.36. The van der Waals surface area contributed by atoms with Crippen molar-refractivity contribution in [2.75, 3.05) is 24.5 Å². The Hall–Kier alpha value is -3.22. The van der Waals surface area contributed by atoms with Gasteiger partial charge in [-0.1, -0.05) is 30.3 Å². The molecule has 3 rings (SSSR count). The largest absolute Gasteiger partial charge is 0.370 e. The molecule has 1 aliphatic rings. The molecule has 0 spiro atoms. The van der Waals surface area contributed by atoms with Gasteiger partial charge in [0.05, 0.1) is 5.92 Å². The third-order valence-electron chi connectivity index (χ3n) is 5.06. The SMILES string of the molecule is NC(=O)CCN(C(=O)C1CC(=O)N(CCc2ccccc2)C1)c1ccc(F)cc1. The summed E-state index contributed by atoms with van der Waals surface area (Å²) < 4.78 is 13.3. The molecular weight excluding hydrogens is 373 g/mol. The number of halogens is 1. The zero-order valence-electron chi connectivity index (χ0n) is 16.1. The van der Waals surface area contributed by atoms with E-state index in [4.69, 9.17) is 5.73 Å². The number of nitrogens with zero attached hydrogens (tertiary/aromatic N) is 2. The highest BCUT2D eigenvalue weighted by Crippen LogP contribution is 2.24. The smallest absolute Gasteiger partial charge is 0.232 e. The Labute approximate surface area is 169 Å². The summed E-state index contributed by atoms with van der Waals surface area (Å²) in [5.41, 5.74) is 6.84. The minimum Gasteiger partial charge on any atom is -0.370 e. The maximum atomic E-state index is 13.3. The van der Waals surface area contributed by atoms with E-state index in [0.717, 1.165) is 12.0 Å². The van der Waals surface area contributed by atoms with Crippen molar-refractivity contribution < 1.29 is 18.8 Å². The third-order valence-corrected chi connectivity index (χ3v) is 5.06. The van der Waals surface area contributed by atoms with Crippen LogP contribution in [0.3, 0.4) is 0 Å². The quantitative estimate of drug-likeness (QED) is 0.741. The fourth-order valence-corrected chi connectivity index (χ4v) is 3.49. The Bertz CT molecular complexity index is 871. The Kier molecular flexibility index (Phi) is 6.59. The van der Waals surface area contributed by atoms with Gasteiger partial charge in [0.1, 0.15) is 5.82 Å². The van der Waals surface area contributed by atoms with E-state index in [9.17, 15) is 18.8 Å². The van der Waals surface area contributed by atoms with Crippen LogP contribution in [0.25, 0.3) is 0 Å². The zero-order valence-corrected chi connectivity index (χ0v) is 16.1. The van der Waals surface area contributed by atoms with Crippen molar-refractivity contribution in [3.05, 3.63) is 66.0 Å². The van der Waals surface area contributed by atoms with Crippen LogP contribution in [0, 0.1) is 11.7 Å². The molecular formula is C22H24FN3O3. The minimum atomic E-state index is -0.531. The summed E-state index contributed by atoms with van der Waals surface area (Å²) in [6, 6.07) is 15.3. The van der Waals surface area contributed by atoms with Crippen LogP contribution < -0.4 is 10.6 Å². The summed E-state index contributed by atoms with van der Waals surface area (Å²) in [6.07, 6.45) is 0.834. The van der Waals surface area contributed by atoms with Crippen LogP contribution in [0.1, 0.15) is 18.4 Å². The summed E-state index contributed by atoms with van der Waals surface area (Å²) >= 11 is 0. The van der Waals surface area contributed by atoms with Crippen molar-refractivity contribution in [1.29, 1.82) is 0 Å². The molecule has 1 atom stereocenters. The number of hydrogen-bond acceptors (Lipinski definition) is 3. The minimum absolute atomic E-state index is 0.0124. The number of anilines is 1. The molecule has 6 nitrogen and oxygen atoms in total. The summed E-state index contributed by atoms with van der Waals surface area (Å²) in [6.45, 7) is 0.970. The number of amides is 3. The van der Waals surface area contributed by atoms with Gasteiger partial charge in [-0.15, -0.1) is 0 Å². The molecule has 29 heavy (non-hydrogen) atoms. The summed E-state index contributed by atoms with van der Waals surface area (Å²) in [4.78, 5) is 39.9. The van der Waals surface area contributed by atoms with Crippen LogP contribution >= 0.6 is 0 Å². The average Bonchev–Trinajstić information content (AvgIpc) is 3.09. The van der Waals surface area contributed by atoms with Crippen molar-refractivity contribution in [3.8, 4) is 0 Å². The van der Waals surface area contributed by atoms with Crippen molar-refractivity contribution in [1.82, 2.24) is 4.90 Å². The molecule has 2 aromatic rings. The van der Waals surface area contributed by atoms with Gasteiger partial charge in [0.2, 0.25) is 17.7 Å². The van der Waals surface area contributed by atoms with Gasteiger partial charge in [-0.3, -0.25) is 14.4 Å². The van der Waals surface area contributed by atoms with Gasteiger partial charge < -0.3 is 15.5 Å². The summed E-state index contributed by atoms with van der Waals surface area (Å²) in [7, 11) is 0. The number of nitrogens with two attached hydrogens (primary N) is 1. The summed E-state index contributed by atoms with van der Waals surface area (Å²) in [5.74, 6) is -1.77. The molecule has 0 radical (unpaired) electrons. The lowest BCUT2D eigenvalue weighted by Gasteiger charge is -2.25. The van der Waals surface area contributed by atoms with E-state index in [1.54, 1.807) is 4.90 Å². The predicted octanol–water partition coefficient (Wildman–Crippen LogP) is 2.13. The third kappa shape index (κ3) is 5.40. The molecule has 2 N–H and O–H groups in total. The Morgan fingerprint density at radius 3 is 2.45 bits per heavy atom. The van der Waals surface area contributed by atoms with E-state index >= 15 is 0 Å². The molecule has 1 heterocycles. The first kappa shape index (κ1) is 20.5. The van der Waals surface area contributed by atoms with Gasteiger partial charge in [-0.2, -0.15) is 0 Å². The van der Waals surface area contributed by atoms with Gasteiger partial charge >= 0.3 is 0 Å². The van der Waals surface area contributed by atoms with Crippen LogP contribution in [-0.4, -0.2) is 42.3 Å². The Morgan fingerprint density at radius 1 is 1.10 bits per heavy atom. The number of carbonyl (C=O) groups excluding carboxylic acids is 3. The molecule has 3 amide bonds. The van der Waals surface area contributed by atoms with E-state index in [-0.39, 0.29) is 31.2 Å². The van der Waals surface area contributed by atoms with E-state index in [1.165, 1.54) is 29.2 Å². The second-order valence-electron chi connectivity index (χ2n) is 7.16. The molecule has 0 saturated carbocycles. The van der Waals surface area contributed by atoms with Gasteiger partial charge in [-0.05, 0) is 36.2 Å². The lowest BCUT2D eigenvalue weighted by Crippen LogP contribution is -2.39. The van der Waals surface area contributed by atoms with E-state index < -0.39 is 17.6 Å². The molecule has 2 aromatic carbocycles. The Morgan fingerprint density at radius 2 is 1.79 bits per heavy atom. The molecule has 0 aliphatic carbocycles. The van der Waals surface area contributed by atoms with E-state index in [2.05, 4.69) is 0 Å². The van der Waals surface area contributed by atoms with Crippen LogP contribution in [0.4, 0.5) is 10.1 Å². The maximum absolute atomic E-state index is 13.3. The summed E-state index contributed by atoms with van der Waals surface area (Å²) in [5, 5.41) is 0. The molecule has 1 fully saturated rings. The molecule has 1 aliphatic heterocycles. The van der Waals surface area contributed by atoms with E-state index in [0.29, 0.717) is 18.8 Å². The fourth-order valence-electron chi connectivity index (χ4n) is 3.49. The molecule has 152 valence electrons.